The Morgan fingerprint density at radius 2 is 1.56 bits per heavy atom. The molecule has 0 aromatic heterocycles. The fourth-order valence-electron chi connectivity index (χ4n) is 2.64. The summed E-state index contributed by atoms with van der Waals surface area (Å²) in [6, 6.07) is 17.9. The van der Waals surface area contributed by atoms with Gasteiger partial charge < -0.3 is 4.74 Å². The third kappa shape index (κ3) is 3.62. The average Bonchev–Trinajstić information content (AvgIpc) is 2.82. The number of benzene rings is 1. The molecule has 0 heterocycles. The van der Waals surface area contributed by atoms with Crippen LogP contribution in [0.5, 0.6) is 0 Å². The Balaban J connectivity index is 1.99. The van der Waals surface area contributed by atoms with Crippen molar-refractivity contribution in [2.24, 2.45) is 0 Å². The maximum atomic E-state index is 12.7. The molecule has 0 radical (unpaired) electrons. The third-order valence-corrected chi connectivity index (χ3v) is 4.13. The summed E-state index contributed by atoms with van der Waals surface area (Å²) in [7, 11) is 1.33. The molecule has 0 atom stereocenters. The van der Waals surface area contributed by atoms with Gasteiger partial charge in [-0.05, 0) is 41.0 Å². The number of ether oxygens (including phenoxy) is 1. The van der Waals surface area contributed by atoms with Crippen LogP contribution in [-0.4, -0.2) is 18.9 Å². The van der Waals surface area contributed by atoms with Crippen LogP contribution in [0.4, 0.5) is 0 Å². The highest BCUT2D eigenvalue weighted by molar-refractivity contribution is 6.30. The fourth-order valence-corrected chi connectivity index (χ4v) is 2.76. The second-order valence-corrected chi connectivity index (χ2v) is 5.89. The molecule has 1 aromatic rings. The molecule has 2 aliphatic rings. The molecular weight excluding hydrogens is 336 g/mol. The number of carbonyl (C=O) groups is 2. The van der Waals surface area contributed by atoms with Crippen LogP contribution in [0.15, 0.2) is 66.7 Å². The van der Waals surface area contributed by atoms with E-state index in [2.05, 4.69) is 0 Å². The van der Waals surface area contributed by atoms with Crippen molar-refractivity contribution in [1.29, 1.82) is 0 Å². The maximum Gasteiger partial charge on any atom is 0.338 e. The van der Waals surface area contributed by atoms with E-state index in [0.717, 1.165) is 11.1 Å². The summed E-state index contributed by atoms with van der Waals surface area (Å²) >= 11 is 5.86. The Hall–Kier alpha value is -2.91. The van der Waals surface area contributed by atoms with E-state index in [9.17, 15) is 9.59 Å². The SMILES string of the molecule is COC(=O)c1cc(C(=O)/C=C/c2ccc(Cl)cc2)c2cccccc1-2. The Labute approximate surface area is 150 Å². The van der Waals surface area contributed by atoms with Crippen LogP contribution in [0.3, 0.4) is 0 Å². The van der Waals surface area contributed by atoms with Gasteiger partial charge in [-0.3, -0.25) is 4.79 Å². The van der Waals surface area contributed by atoms with Crippen molar-refractivity contribution in [1.82, 2.24) is 0 Å². The number of halogens is 1. The lowest BCUT2D eigenvalue weighted by Crippen LogP contribution is -2.00. The Morgan fingerprint density at radius 3 is 2.20 bits per heavy atom. The van der Waals surface area contributed by atoms with E-state index in [-0.39, 0.29) is 5.78 Å². The first-order chi connectivity index (χ1) is 12.1. The molecule has 0 spiro atoms. The summed E-state index contributed by atoms with van der Waals surface area (Å²) in [5.74, 6) is -0.641. The topological polar surface area (TPSA) is 43.4 Å². The quantitative estimate of drug-likeness (QED) is 0.372. The summed E-state index contributed by atoms with van der Waals surface area (Å²) in [5.41, 5.74) is 3.14. The Morgan fingerprint density at radius 1 is 0.920 bits per heavy atom. The van der Waals surface area contributed by atoms with Crippen molar-refractivity contribution < 1.29 is 14.3 Å². The molecule has 25 heavy (non-hydrogen) atoms. The first-order valence-corrected chi connectivity index (χ1v) is 8.06. The van der Waals surface area contributed by atoms with E-state index < -0.39 is 5.97 Å². The number of methoxy groups -OCH3 is 1. The molecule has 0 saturated heterocycles. The average molecular weight is 351 g/mol. The minimum Gasteiger partial charge on any atom is -0.465 e. The van der Waals surface area contributed by atoms with Gasteiger partial charge in [0.15, 0.2) is 5.78 Å². The normalized spacial score (nSPS) is 11.0. The van der Waals surface area contributed by atoms with Gasteiger partial charge in [0.05, 0.1) is 12.7 Å². The predicted molar refractivity (Wildman–Crippen MR) is 99.2 cm³/mol. The number of rotatable bonds is 4. The van der Waals surface area contributed by atoms with Gasteiger partial charge in [-0.1, -0.05) is 60.1 Å². The number of esters is 1. The van der Waals surface area contributed by atoms with Gasteiger partial charge in [0.2, 0.25) is 0 Å². The van der Waals surface area contributed by atoms with E-state index >= 15 is 0 Å². The largest absolute Gasteiger partial charge is 0.465 e. The van der Waals surface area contributed by atoms with Crippen LogP contribution in [0.25, 0.3) is 17.2 Å². The van der Waals surface area contributed by atoms with Crippen LogP contribution in [0.2, 0.25) is 5.02 Å². The predicted octanol–water partition coefficient (Wildman–Crippen LogP) is 5.13. The molecule has 124 valence electrons. The third-order valence-electron chi connectivity index (χ3n) is 3.88. The minimum atomic E-state index is -0.461. The molecule has 0 unspecified atom stereocenters. The molecule has 0 N–H and O–H groups in total. The molecule has 1 aromatic carbocycles. The van der Waals surface area contributed by atoms with Gasteiger partial charge in [-0.15, -0.1) is 0 Å². The Kier molecular flexibility index (Phi) is 4.96. The second-order valence-electron chi connectivity index (χ2n) is 5.45. The summed E-state index contributed by atoms with van der Waals surface area (Å²) in [5, 5.41) is 0.640. The smallest absolute Gasteiger partial charge is 0.338 e. The van der Waals surface area contributed by atoms with Crippen molar-refractivity contribution in [3.05, 3.63) is 88.5 Å². The first kappa shape index (κ1) is 16.9. The molecule has 3 nitrogen and oxygen atoms in total. The molecule has 0 fully saturated rings. The zero-order chi connectivity index (χ0) is 17.8. The van der Waals surface area contributed by atoms with E-state index in [1.807, 2.05) is 36.4 Å². The van der Waals surface area contributed by atoms with Gasteiger partial charge in [0, 0.05) is 10.6 Å². The number of fused-ring (bicyclic) bond motifs is 1. The molecule has 2 aliphatic carbocycles. The van der Waals surface area contributed by atoms with Crippen LogP contribution < -0.4 is 0 Å². The number of ketones is 1. The lowest BCUT2D eigenvalue weighted by Gasteiger charge is -1.99. The van der Waals surface area contributed by atoms with Gasteiger partial charge in [0.25, 0.3) is 0 Å². The van der Waals surface area contributed by atoms with Crippen molar-refractivity contribution in [3.8, 4) is 11.1 Å². The highest BCUT2D eigenvalue weighted by Crippen LogP contribution is 2.33. The second kappa shape index (κ2) is 7.32. The van der Waals surface area contributed by atoms with Gasteiger partial charge in [-0.25, -0.2) is 4.79 Å². The number of hydrogen-bond acceptors (Lipinski definition) is 3. The molecule has 3 rings (SSSR count). The van der Waals surface area contributed by atoms with Crippen LogP contribution >= 0.6 is 11.6 Å². The molecule has 0 saturated carbocycles. The summed E-state index contributed by atoms with van der Waals surface area (Å²) in [4.78, 5) is 24.7. The van der Waals surface area contributed by atoms with Gasteiger partial charge in [0.1, 0.15) is 0 Å². The standard InChI is InChI=1S/C21H15ClO3/c1-25-21(24)19-13-18(16-5-3-2-4-6-17(16)19)20(23)12-9-14-7-10-15(22)11-8-14/h2-13H,1H3/b12-9+. The minimum absolute atomic E-state index is 0.179. The zero-order valence-corrected chi connectivity index (χ0v) is 14.3. The lowest BCUT2D eigenvalue weighted by atomic mass is 10.0. The highest BCUT2D eigenvalue weighted by Gasteiger charge is 2.22. The molecule has 4 heteroatoms. The zero-order valence-electron chi connectivity index (χ0n) is 13.5. The van der Waals surface area contributed by atoms with Crippen molar-refractivity contribution >= 4 is 29.4 Å². The fraction of sp³-hybridized carbons (Fsp3) is 0.0476. The van der Waals surface area contributed by atoms with Gasteiger partial charge in [-0.2, -0.15) is 0 Å². The monoisotopic (exact) mass is 350 g/mol. The Bertz CT molecular complexity index is 926. The summed E-state index contributed by atoms with van der Waals surface area (Å²) < 4.78 is 4.83. The van der Waals surface area contributed by atoms with E-state index in [1.54, 1.807) is 30.3 Å². The van der Waals surface area contributed by atoms with E-state index in [4.69, 9.17) is 16.3 Å². The number of allylic oxidation sites excluding steroid dienone is 1. The highest BCUT2D eigenvalue weighted by atomic mass is 35.5. The number of carbonyl (C=O) groups excluding carboxylic acids is 2. The van der Waals surface area contributed by atoms with Crippen LogP contribution in [-0.2, 0) is 4.74 Å². The molecular formula is C21H15ClO3. The first-order valence-electron chi connectivity index (χ1n) is 7.68. The molecule has 0 aliphatic heterocycles. The van der Waals surface area contributed by atoms with Crippen LogP contribution in [0.1, 0.15) is 26.3 Å². The molecule has 0 amide bonds. The number of hydrogen-bond donors (Lipinski definition) is 0. The lowest BCUT2D eigenvalue weighted by molar-refractivity contribution is 0.0602. The maximum absolute atomic E-state index is 12.7. The van der Waals surface area contributed by atoms with Crippen molar-refractivity contribution in [2.45, 2.75) is 0 Å². The van der Waals surface area contributed by atoms with Gasteiger partial charge >= 0.3 is 5.97 Å². The summed E-state index contributed by atoms with van der Waals surface area (Å²) in [6.07, 6.45) is 3.21. The van der Waals surface area contributed by atoms with E-state index in [1.165, 1.54) is 13.2 Å². The van der Waals surface area contributed by atoms with Crippen molar-refractivity contribution in [2.75, 3.05) is 7.11 Å². The van der Waals surface area contributed by atoms with Crippen molar-refractivity contribution in [3.63, 3.8) is 0 Å². The summed E-state index contributed by atoms with van der Waals surface area (Å²) in [6.45, 7) is 0. The van der Waals surface area contributed by atoms with E-state index in [0.29, 0.717) is 21.7 Å². The van der Waals surface area contributed by atoms with Crippen LogP contribution in [0, 0.1) is 0 Å². The molecule has 0 bridgehead atoms.